The van der Waals surface area contributed by atoms with Crippen molar-refractivity contribution >= 4 is 27.6 Å². The number of ketones is 1. The molecule has 3 rings (SSSR count). The first-order valence-electron chi connectivity index (χ1n) is 9.83. The molecule has 1 saturated heterocycles. The Balaban J connectivity index is 1.64. The van der Waals surface area contributed by atoms with E-state index in [1.807, 2.05) is 24.3 Å². The number of carbonyl (C=O) groups excluding carboxylic acids is 2. The van der Waals surface area contributed by atoms with Crippen molar-refractivity contribution in [1.29, 1.82) is 0 Å². The molecule has 0 bridgehead atoms. The Morgan fingerprint density at radius 2 is 1.53 bits per heavy atom. The molecule has 0 unspecified atom stereocenters. The molecule has 160 valence electrons. The lowest BCUT2D eigenvalue weighted by atomic mass is 9.89. The second-order valence-electron chi connectivity index (χ2n) is 7.25. The van der Waals surface area contributed by atoms with Crippen molar-refractivity contribution in [3.8, 4) is 17.2 Å². The molecule has 0 N–H and O–H groups in total. The summed E-state index contributed by atoms with van der Waals surface area (Å²) in [6, 6.07) is 11.1. The number of methoxy groups -OCH3 is 3. The standard InChI is InChI=1S/C23H26BrNO5/c1-28-20-13-17(14-21(29-2)22(20)30-3)23(27)25-10-8-16(9-11-25)19(26)12-15-4-6-18(24)7-5-15/h4-7,13-14,16H,8-12H2,1-3H3. The second-order valence-corrected chi connectivity index (χ2v) is 8.17. The average molecular weight is 476 g/mol. The number of likely N-dealkylation sites (tertiary alicyclic amines) is 1. The number of hydrogen-bond donors (Lipinski definition) is 0. The summed E-state index contributed by atoms with van der Waals surface area (Å²) in [4.78, 5) is 27.5. The van der Waals surface area contributed by atoms with Crippen LogP contribution in [0.25, 0.3) is 0 Å². The molecule has 6 nitrogen and oxygen atoms in total. The number of Topliss-reactive ketones (excluding diaryl/α,β-unsaturated/α-hetero) is 1. The highest BCUT2D eigenvalue weighted by molar-refractivity contribution is 9.10. The summed E-state index contributed by atoms with van der Waals surface area (Å²) in [5, 5.41) is 0. The number of piperidine rings is 1. The summed E-state index contributed by atoms with van der Waals surface area (Å²) in [5.74, 6) is 1.45. The van der Waals surface area contributed by atoms with Crippen LogP contribution in [-0.4, -0.2) is 51.0 Å². The molecule has 0 radical (unpaired) electrons. The highest BCUT2D eigenvalue weighted by Crippen LogP contribution is 2.38. The zero-order valence-electron chi connectivity index (χ0n) is 17.4. The minimum atomic E-state index is -0.104. The maximum Gasteiger partial charge on any atom is 0.254 e. The number of nitrogens with zero attached hydrogens (tertiary/aromatic N) is 1. The second kappa shape index (κ2) is 9.98. The fourth-order valence-electron chi connectivity index (χ4n) is 3.74. The Hall–Kier alpha value is -2.54. The van der Waals surface area contributed by atoms with Gasteiger partial charge in [0.25, 0.3) is 5.91 Å². The van der Waals surface area contributed by atoms with E-state index >= 15 is 0 Å². The van der Waals surface area contributed by atoms with Crippen molar-refractivity contribution in [3.05, 3.63) is 52.0 Å². The number of halogens is 1. The van der Waals surface area contributed by atoms with Crippen molar-refractivity contribution in [3.63, 3.8) is 0 Å². The fraction of sp³-hybridized carbons (Fsp3) is 0.391. The summed E-state index contributed by atoms with van der Waals surface area (Å²) < 4.78 is 17.0. The highest BCUT2D eigenvalue weighted by atomic mass is 79.9. The molecule has 0 atom stereocenters. The maximum atomic E-state index is 13.0. The third-order valence-electron chi connectivity index (χ3n) is 5.44. The van der Waals surface area contributed by atoms with E-state index in [1.54, 1.807) is 17.0 Å². The number of benzene rings is 2. The van der Waals surface area contributed by atoms with Gasteiger partial charge in [-0.05, 0) is 42.7 Å². The van der Waals surface area contributed by atoms with Crippen LogP contribution in [0, 0.1) is 5.92 Å². The van der Waals surface area contributed by atoms with Crippen LogP contribution in [0.3, 0.4) is 0 Å². The molecule has 2 aromatic rings. The van der Waals surface area contributed by atoms with Gasteiger partial charge in [0.1, 0.15) is 5.78 Å². The molecule has 7 heteroatoms. The first-order valence-corrected chi connectivity index (χ1v) is 10.6. The molecule has 30 heavy (non-hydrogen) atoms. The molecule has 0 spiro atoms. The average Bonchev–Trinajstić information content (AvgIpc) is 2.79. The van der Waals surface area contributed by atoms with E-state index in [-0.39, 0.29) is 17.6 Å². The molecule has 1 heterocycles. The number of amides is 1. The fourth-order valence-corrected chi connectivity index (χ4v) is 4.00. The van der Waals surface area contributed by atoms with Crippen LogP contribution in [0.15, 0.2) is 40.9 Å². The van der Waals surface area contributed by atoms with Crippen molar-refractivity contribution in [1.82, 2.24) is 4.90 Å². The zero-order chi connectivity index (χ0) is 21.7. The van der Waals surface area contributed by atoms with Crippen LogP contribution in [-0.2, 0) is 11.2 Å². The topological polar surface area (TPSA) is 65.1 Å². The highest BCUT2D eigenvalue weighted by Gasteiger charge is 2.28. The van der Waals surface area contributed by atoms with Gasteiger partial charge in [-0.3, -0.25) is 9.59 Å². The summed E-state index contributed by atoms with van der Waals surface area (Å²) in [6.07, 6.45) is 1.77. The zero-order valence-corrected chi connectivity index (χ0v) is 19.0. The van der Waals surface area contributed by atoms with Gasteiger partial charge in [0, 0.05) is 35.5 Å². The third-order valence-corrected chi connectivity index (χ3v) is 5.97. The largest absolute Gasteiger partial charge is 0.493 e. The van der Waals surface area contributed by atoms with Crippen LogP contribution in [0.5, 0.6) is 17.2 Å². The van der Waals surface area contributed by atoms with Gasteiger partial charge in [-0.1, -0.05) is 28.1 Å². The van der Waals surface area contributed by atoms with Gasteiger partial charge in [-0.25, -0.2) is 0 Å². The molecule has 2 aromatic carbocycles. The molecule has 0 saturated carbocycles. The van der Waals surface area contributed by atoms with E-state index in [0.717, 1.165) is 10.0 Å². The summed E-state index contributed by atoms with van der Waals surface area (Å²) in [6.45, 7) is 1.10. The van der Waals surface area contributed by atoms with Crippen LogP contribution in [0.2, 0.25) is 0 Å². The van der Waals surface area contributed by atoms with E-state index in [1.165, 1.54) is 21.3 Å². The summed E-state index contributed by atoms with van der Waals surface area (Å²) >= 11 is 3.41. The smallest absolute Gasteiger partial charge is 0.254 e. The van der Waals surface area contributed by atoms with E-state index in [9.17, 15) is 9.59 Å². The van der Waals surface area contributed by atoms with Gasteiger partial charge in [-0.15, -0.1) is 0 Å². The van der Waals surface area contributed by atoms with Gasteiger partial charge in [-0.2, -0.15) is 0 Å². The van der Waals surface area contributed by atoms with Crippen LogP contribution in [0.4, 0.5) is 0 Å². The van der Waals surface area contributed by atoms with Crippen molar-refractivity contribution < 1.29 is 23.8 Å². The van der Waals surface area contributed by atoms with Crippen molar-refractivity contribution in [2.45, 2.75) is 19.3 Å². The molecular weight excluding hydrogens is 450 g/mol. The Kier molecular flexibility index (Phi) is 7.37. The van der Waals surface area contributed by atoms with Gasteiger partial charge >= 0.3 is 0 Å². The van der Waals surface area contributed by atoms with Gasteiger partial charge in [0.05, 0.1) is 21.3 Å². The number of carbonyl (C=O) groups is 2. The maximum absolute atomic E-state index is 13.0. The Morgan fingerprint density at radius 1 is 0.967 bits per heavy atom. The molecule has 1 aliphatic heterocycles. The Bertz CT molecular complexity index is 879. The van der Waals surface area contributed by atoms with E-state index < -0.39 is 0 Å². The van der Waals surface area contributed by atoms with Crippen LogP contribution < -0.4 is 14.2 Å². The molecule has 0 aromatic heterocycles. The first-order chi connectivity index (χ1) is 14.5. The van der Waals surface area contributed by atoms with E-state index in [4.69, 9.17) is 14.2 Å². The predicted octanol–water partition coefficient (Wildman–Crippen LogP) is 4.14. The van der Waals surface area contributed by atoms with E-state index in [2.05, 4.69) is 15.9 Å². The van der Waals surface area contributed by atoms with Crippen LogP contribution in [0.1, 0.15) is 28.8 Å². The van der Waals surface area contributed by atoms with Gasteiger partial charge in [0.15, 0.2) is 11.5 Å². The SMILES string of the molecule is COc1cc(C(=O)N2CCC(C(=O)Cc3ccc(Br)cc3)CC2)cc(OC)c1OC. The minimum Gasteiger partial charge on any atom is -0.493 e. The lowest BCUT2D eigenvalue weighted by molar-refractivity contribution is -0.123. The summed E-state index contributed by atoms with van der Waals surface area (Å²) in [5.41, 5.74) is 1.49. The molecule has 0 aliphatic carbocycles. The Labute approximate surface area is 185 Å². The van der Waals surface area contributed by atoms with Crippen LogP contribution >= 0.6 is 15.9 Å². The Morgan fingerprint density at radius 3 is 2.03 bits per heavy atom. The van der Waals surface area contributed by atoms with E-state index in [0.29, 0.717) is 55.2 Å². The third kappa shape index (κ3) is 4.95. The van der Waals surface area contributed by atoms with Gasteiger partial charge < -0.3 is 19.1 Å². The molecular formula is C23H26BrNO5. The number of rotatable bonds is 7. The van der Waals surface area contributed by atoms with Crippen molar-refractivity contribution in [2.75, 3.05) is 34.4 Å². The first kappa shape index (κ1) is 22.2. The lowest BCUT2D eigenvalue weighted by Crippen LogP contribution is -2.40. The predicted molar refractivity (Wildman–Crippen MR) is 118 cm³/mol. The minimum absolute atomic E-state index is 0.0161. The quantitative estimate of drug-likeness (QED) is 0.601. The number of hydrogen-bond acceptors (Lipinski definition) is 5. The van der Waals surface area contributed by atoms with Crippen molar-refractivity contribution in [2.24, 2.45) is 5.92 Å². The lowest BCUT2D eigenvalue weighted by Gasteiger charge is -2.31. The normalized spacial score (nSPS) is 14.3. The molecule has 1 fully saturated rings. The monoisotopic (exact) mass is 475 g/mol. The molecule has 1 aliphatic rings. The molecule has 1 amide bonds. The summed E-state index contributed by atoms with van der Waals surface area (Å²) in [7, 11) is 4.57. The van der Waals surface area contributed by atoms with Gasteiger partial charge in [0.2, 0.25) is 5.75 Å². The number of ether oxygens (including phenoxy) is 3.